The van der Waals surface area contributed by atoms with E-state index in [1.807, 2.05) is 18.2 Å². The van der Waals surface area contributed by atoms with Crippen LogP contribution in [0.1, 0.15) is 0 Å². The van der Waals surface area contributed by atoms with E-state index in [1.165, 1.54) is 22.9 Å². The van der Waals surface area contributed by atoms with Gasteiger partial charge in [0.15, 0.2) is 5.82 Å². The molecule has 3 heterocycles. The Labute approximate surface area is 193 Å². The van der Waals surface area contributed by atoms with E-state index in [4.69, 9.17) is 14.2 Å². The van der Waals surface area contributed by atoms with Crippen LogP contribution in [0.25, 0.3) is 27.6 Å². The molecule has 2 aromatic carbocycles. The van der Waals surface area contributed by atoms with E-state index in [-0.39, 0.29) is 24.5 Å². The molecule has 0 aliphatic rings. The maximum atomic E-state index is 13.9. The van der Waals surface area contributed by atoms with Crippen LogP contribution in [0.4, 0.5) is 4.39 Å². The summed E-state index contributed by atoms with van der Waals surface area (Å²) in [4.78, 5) is 16.8. The van der Waals surface area contributed by atoms with Gasteiger partial charge in [-0.25, -0.2) is 9.07 Å². The van der Waals surface area contributed by atoms with Gasteiger partial charge in [-0.15, -0.1) is 0 Å². The summed E-state index contributed by atoms with van der Waals surface area (Å²) in [5, 5.41) is 6.05. The van der Waals surface area contributed by atoms with Crippen molar-refractivity contribution in [2.45, 2.75) is 6.54 Å². The highest BCUT2D eigenvalue weighted by Crippen LogP contribution is 2.30. The van der Waals surface area contributed by atoms with E-state index in [9.17, 15) is 9.18 Å². The Kier molecular flexibility index (Phi) is 5.59. The van der Waals surface area contributed by atoms with Gasteiger partial charge < -0.3 is 14.2 Å². The van der Waals surface area contributed by atoms with Gasteiger partial charge in [0.1, 0.15) is 29.7 Å². The zero-order valence-electron chi connectivity index (χ0n) is 18.6. The number of hydrogen-bond acceptors (Lipinski definition) is 6. The van der Waals surface area contributed by atoms with Crippen molar-refractivity contribution in [3.8, 4) is 23.1 Å². The van der Waals surface area contributed by atoms with Crippen molar-refractivity contribution in [3.63, 3.8) is 0 Å². The lowest BCUT2D eigenvalue weighted by molar-refractivity contribution is 0.290. The summed E-state index contributed by atoms with van der Waals surface area (Å²) in [6.45, 7) is 0.434. The number of ether oxygens (including phenoxy) is 3. The second kappa shape index (κ2) is 8.86. The first-order valence-electron chi connectivity index (χ1n) is 10.6. The SMILES string of the molecule is COc1ccc2c(OCCn3nc(-n4cc(OC)c5ccc(F)cc54)ccc3=O)ccnc2c1. The van der Waals surface area contributed by atoms with E-state index < -0.39 is 0 Å². The van der Waals surface area contributed by atoms with Crippen LogP contribution in [0.15, 0.2) is 71.8 Å². The largest absolute Gasteiger partial charge is 0.497 e. The zero-order chi connectivity index (χ0) is 23.7. The van der Waals surface area contributed by atoms with Crippen LogP contribution in [0.3, 0.4) is 0 Å². The van der Waals surface area contributed by atoms with Gasteiger partial charge in [0.25, 0.3) is 5.56 Å². The Morgan fingerprint density at radius 1 is 0.941 bits per heavy atom. The molecule has 0 amide bonds. The van der Waals surface area contributed by atoms with Crippen molar-refractivity contribution in [2.75, 3.05) is 20.8 Å². The molecule has 0 spiro atoms. The number of pyridine rings is 1. The molecule has 0 N–H and O–H groups in total. The Morgan fingerprint density at radius 3 is 2.62 bits per heavy atom. The second-order valence-electron chi connectivity index (χ2n) is 7.52. The van der Waals surface area contributed by atoms with Gasteiger partial charge in [0, 0.05) is 29.1 Å². The van der Waals surface area contributed by atoms with Crippen LogP contribution in [0, 0.1) is 5.82 Å². The van der Waals surface area contributed by atoms with Crippen LogP contribution in [-0.2, 0) is 6.54 Å². The van der Waals surface area contributed by atoms with Crippen molar-refractivity contribution >= 4 is 21.8 Å². The molecule has 5 aromatic rings. The Balaban J connectivity index is 1.41. The first kappa shape index (κ1) is 21.4. The summed E-state index contributed by atoms with van der Waals surface area (Å²) < 4.78 is 33.5. The molecule has 0 saturated carbocycles. The third-order valence-electron chi connectivity index (χ3n) is 5.52. The van der Waals surface area contributed by atoms with E-state index in [1.54, 1.807) is 49.4 Å². The monoisotopic (exact) mass is 460 g/mol. The van der Waals surface area contributed by atoms with E-state index in [0.717, 1.165) is 16.3 Å². The molecular weight excluding hydrogens is 439 g/mol. The highest BCUT2D eigenvalue weighted by molar-refractivity contribution is 5.88. The van der Waals surface area contributed by atoms with Crippen molar-refractivity contribution in [2.24, 2.45) is 0 Å². The standard InChI is InChI=1S/C25H21FN4O4/c1-32-17-4-6-18-20(14-17)27-10-9-22(18)34-12-11-30-25(31)8-7-24(28-30)29-15-23(33-2)19-5-3-16(26)13-21(19)29/h3-10,13-15H,11-12H2,1-2H3. The van der Waals surface area contributed by atoms with Gasteiger partial charge in [-0.05, 0) is 42.5 Å². The molecule has 34 heavy (non-hydrogen) atoms. The number of aromatic nitrogens is 4. The molecule has 5 rings (SSSR count). The number of halogens is 1. The second-order valence-corrected chi connectivity index (χ2v) is 7.52. The van der Waals surface area contributed by atoms with E-state index >= 15 is 0 Å². The summed E-state index contributed by atoms with van der Waals surface area (Å²) in [6.07, 6.45) is 3.38. The predicted octanol–water partition coefficient (Wildman–Crippen LogP) is 3.97. The maximum absolute atomic E-state index is 13.9. The van der Waals surface area contributed by atoms with E-state index in [0.29, 0.717) is 28.6 Å². The number of hydrogen-bond donors (Lipinski definition) is 0. The van der Waals surface area contributed by atoms with Gasteiger partial charge in [0.05, 0.1) is 38.0 Å². The summed E-state index contributed by atoms with van der Waals surface area (Å²) in [6, 6.07) is 14.8. The molecule has 0 aliphatic heterocycles. The number of rotatable bonds is 7. The highest BCUT2D eigenvalue weighted by atomic mass is 19.1. The number of methoxy groups -OCH3 is 2. The number of fused-ring (bicyclic) bond motifs is 2. The zero-order valence-corrected chi connectivity index (χ0v) is 18.6. The van der Waals surface area contributed by atoms with Crippen LogP contribution in [0.2, 0.25) is 0 Å². The smallest absolute Gasteiger partial charge is 0.266 e. The number of benzene rings is 2. The minimum absolute atomic E-state index is 0.214. The van der Waals surface area contributed by atoms with Crippen LogP contribution < -0.4 is 19.8 Å². The summed E-state index contributed by atoms with van der Waals surface area (Å²) in [7, 11) is 3.15. The third-order valence-corrected chi connectivity index (χ3v) is 5.52. The van der Waals surface area contributed by atoms with Gasteiger partial charge in [-0.2, -0.15) is 5.10 Å². The first-order valence-corrected chi connectivity index (χ1v) is 10.6. The van der Waals surface area contributed by atoms with Gasteiger partial charge in [0.2, 0.25) is 0 Å². The fourth-order valence-electron chi connectivity index (χ4n) is 3.84. The van der Waals surface area contributed by atoms with Crippen molar-refractivity contribution in [3.05, 3.63) is 83.2 Å². The van der Waals surface area contributed by atoms with E-state index in [2.05, 4.69) is 10.1 Å². The predicted molar refractivity (Wildman–Crippen MR) is 126 cm³/mol. The maximum Gasteiger partial charge on any atom is 0.266 e. The fraction of sp³-hybridized carbons (Fsp3) is 0.160. The molecule has 0 radical (unpaired) electrons. The molecule has 0 fully saturated rings. The Morgan fingerprint density at radius 2 is 1.79 bits per heavy atom. The molecule has 8 nitrogen and oxygen atoms in total. The normalized spacial score (nSPS) is 11.1. The number of nitrogens with zero attached hydrogens (tertiary/aromatic N) is 4. The van der Waals surface area contributed by atoms with Crippen LogP contribution in [0.5, 0.6) is 17.2 Å². The quantitative estimate of drug-likeness (QED) is 0.366. The molecule has 0 aliphatic carbocycles. The van der Waals surface area contributed by atoms with Crippen molar-refractivity contribution < 1.29 is 18.6 Å². The Hall–Kier alpha value is -4.40. The molecular formula is C25H21FN4O4. The molecule has 0 unspecified atom stereocenters. The Bertz CT molecular complexity index is 1560. The topological polar surface area (TPSA) is 80.4 Å². The lowest BCUT2D eigenvalue weighted by Crippen LogP contribution is -2.26. The molecule has 172 valence electrons. The minimum Gasteiger partial charge on any atom is -0.497 e. The third kappa shape index (κ3) is 3.92. The van der Waals surface area contributed by atoms with Gasteiger partial charge in [-0.3, -0.25) is 14.3 Å². The average molecular weight is 460 g/mol. The van der Waals surface area contributed by atoms with Crippen LogP contribution >= 0.6 is 0 Å². The van der Waals surface area contributed by atoms with Crippen molar-refractivity contribution in [1.29, 1.82) is 0 Å². The molecule has 3 aromatic heterocycles. The molecule has 9 heteroatoms. The summed E-state index contributed by atoms with van der Waals surface area (Å²) >= 11 is 0. The summed E-state index contributed by atoms with van der Waals surface area (Å²) in [5.74, 6) is 2.02. The molecule has 0 bridgehead atoms. The fourth-order valence-corrected chi connectivity index (χ4v) is 3.84. The van der Waals surface area contributed by atoms with Crippen molar-refractivity contribution in [1.82, 2.24) is 19.3 Å². The molecule has 0 atom stereocenters. The average Bonchev–Trinajstić information content (AvgIpc) is 3.22. The van der Waals surface area contributed by atoms with Crippen LogP contribution in [-0.4, -0.2) is 40.2 Å². The lowest BCUT2D eigenvalue weighted by atomic mass is 10.2. The van der Waals surface area contributed by atoms with Gasteiger partial charge >= 0.3 is 0 Å². The molecule has 0 saturated heterocycles. The highest BCUT2D eigenvalue weighted by Gasteiger charge is 2.13. The van der Waals surface area contributed by atoms with Gasteiger partial charge in [-0.1, -0.05) is 0 Å². The summed E-state index contributed by atoms with van der Waals surface area (Å²) in [5.41, 5.74) is 1.06. The lowest BCUT2D eigenvalue weighted by Gasteiger charge is -2.11. The first-order chi connectivity index (χ1) is 16.6. The minimum atomic E-state index is -0.376.